The Morgan fingerprint density at radius 2 is 1.89 bits per heavy atom. The summed E-state index contributed by atoms with van der Waals surface area (Å²) in [6.07, 6.45) is 1.94. The van der Waals surface area contributed by atoms with Crippen LogP contribution < -0.4 is 14.8 Å². The molecule has 0 fully saturated rings. The lowest BCUT2D eigenvalue weighted by atomic mass is 10.1. The molecule has 4 heteroatoms. The van der Waals surface area contributed by atoms with E-state index in [9.17, 15) is 4.79 Å². The van der Waals surface area contributed by atoms with Crippen molar-refractivity contribution >= 4 is 5.91 Å². The summed E-state index contributed by atoms with van der Waals surface area (Å²) in [4.78, 5) is 12.0. The highest BCUT2D eigenvalue weighted by molar-refractivity contribution is 5.77. The maximum atomic E-state index is 12.0. The standard InChI is InChI=1S/C23H31NO3/c1-16(2)27-21-10-6-8-20(14-21)9-7-11-24-23(25)15-26-22-13-17(3)12-18(4)19(22)5/h6,8,10,12-14,16H,7,9,11,15H2,1-5H3,(H,24,25). The zero-order valence-electron chi connectivity index (χ0n) is 17.1. The topological polar surface area (TPSA) is 47.6 Å². The first-order chi connectivity index (χ1) is 12.8. The van der Waals surface area contributed by atoms with Crippen LogP contribution in [-0.4, -0.2) is 25.2 Å². The van der Waals surface area contributed by atoms with Crippen molar-refractivity contribution in [2.45, 2.75) is 53.6 Å². The summed E-state index contributed by atoms with van der Waals surface area (Å²) in [5, 5.41) is 2.92. The SMILES string of the molecule is Cc1cc(C)c(C)c(OCC(=O)NCCCc2cccc(OC(C)C)c2)c1. The number of rotatable bonds is 9. The van der Waals surface area contributed by atoms with Gasteiger partial charge in [0.15, 0.2) is 6.61 Å². The Bertz CT molecular complexity index is 768. The monoisotopic (exact) mass is 369 g/mol. The van der Waals surface area contributed by atoms with E-state index in [4.69, 9.17) is 9.47 Å². The number of nitrogens with one attached hydrogen (secondary N) is 1. The number of carbonyl (C=O) groups is 1. The van der Waals surface area contributed by atoms with E-state index < -0.39 is 0 Å². The van der Waals surface area contributed by atoms with Crippen LogP contribution in [0.2, 0.25) is 0 Å². The second-order valence-corrected chi connectivity index (χ2v) is 7.26. The van der Waals surface area contributed by atoms with Gasteiger partial charge in [-0.15, -0.1) is 0 Å². The van der Waals surface area contributed by atoms with Gasteiger partial charge >= 0.3 is 0 Å². The quantitative estimate of drug-likeness (QED) is 0.661. The molecule has 27 heavy (non-hydrogen) atoms. The molecule has 0 heterocycles. The summed E-state index contributed by atoms with van der Waals surface area (Å²) >= 11 is 0. The molecule has 0 saturated heterocycles. The maximum Gasteiger partial charge on any atom is 0.257 e. The van der Waals surface area contributed by atoms with Gasteiger partial charge in [0.25, 0.3) is 5.91 Å². The normalized spacial score (nSPS) is 10.7. The number of carbonyl (C=O) groups excluding carboxylic acids is 1. The minimum atomic E-state index is -0.0922. The van der Waals surface area contributed by atoms with Gasteiger partial charge in [0.2, 0.25) is 0 Å². The fraction of sp³-hybridized carbons (Fsp3) is 0.435. The van der Waals surface area contributed by atoms with E-state index in [0.717, 1.165) is 35.5 Å². The second kappa shape index (κ2) is 10.0. The summed E-state index contributed by atoms with van der Waals surface area (Å²) in [6, 6.07) is 12.2. The molecule has 0 atom stereocenters. The third-order valence-electron chi connectivity index (χ3n) is 4.36. The molecule has 0 unspecified atom stereocenters. The van der Waals surface area contributed by atoms with Crippen LogP contribution >= 0.6 is 0 Å². The minimum Gasteiger partial charge on any atom is -0.491 e. The van der Waals surface area contributed by atoms with Gasteiger partial charge in [0.05, 0.1) is 6.10 Å². The predicted octanol–water partition coefficient (Wildman–Crippen LogP) is 4.53. The Morgan fingerprint density at radius 3 is 2.63 bits per heavy atom. The lowest BCUT2D eigenvalue weighted by Crippen LogP contribution is -2.30. The summed E-state index contributed by atoms with van der Waals surface area (Å²) in [5.41, 5.74) is 4.60. The van der Waals surface area contributed by atoms with Crippen LogP contribution in [0.5, 0.6) is 11.5 Å². The molecule has 0 spiro atoms. The fourth-order valence-electron chi connectivity index (χ4n) is 2.91. The molecule has 0 aromatic heterocycles. The molecule has 0 aliphatic rings. The summed E-state index contributed by atoms with van der Waals surface area (Å²) in [6.45, 7) is 10.8. The van der Waals surface area contributed by atoms with E-state index in [0.29, 0.717) is 6.54 Å². The van der Waals surface area contributed by atoms with E-state index in [-0.39, 0.29) is 18.6 Å². The van der Waals surface area contributed by atoms with Crippen LogP contribution in [-0.2, 0) is 11.2 Å². The largest absolute Gasteiger partial charge is 0.491 e. The number of hydrogen-bond donors (Lipinski definition) is 1. The smallest absolute Gasteiger partial charge is 0.257 e. The molecule has 0 aliphatic carbocycles. The third kappa shape index (κ3) is 6.97. The lowest BCUT2D eigenvalue weighted by molar-refractivity contribution is -0.123. The highest BCUT2D eigenvalue weighted by Gasteiger charge is 2.07. The van der Waals surface area contributed by atoms with Crippen LogP contribution in [0.4, 0.5) is 0 Å². The molecule has 2 rings (SSSR count). The molecular weight excluding hydrogens is 338 g/mol. The Kier molecular flexibility index (Phi) is 7.71. The fourth-order valence-corrected chi connectivity index (χ4v) is 2.91. The van der Waals surface area contributed by atoms with Gasteiger partial charge in [0, 0.05) is 6.54 Å². The summed E-state index contributed by atoms with van der Waals surface area (Å²) in [5.74, 6) is 1.58. The average molecular weight is 370 g/mol. The number of hydrogen-bond acceptors (Lipinski definition) is 3. The van der Waals surface area contributed by atoms with Gasteiger partial charge in [-0.3, -0.25) is 4.79 Å². The first kappa shape index (κ1) is 20.8. The van der Waals surface area contributed by atoms with Crippen LogP contribution in [0.3, 0.4) is 0 Å². The van der Waals surface area contributed by atoms with Crippen LogP contribution in [0.1, 0.15) is 42.5 Å². The van der Waals surface area contributed by atoms with Gasteiger partial charge in [-0.05, 0) is 87.9 Å². The summed E-state index contributed by atoms with van der Waals surface area (Å²) < 4.78 is 11.4. The predicted molar refractivity (Wildman–Crippen MR) is 110 cm³/mol. The number of benzene rings is 2. The van der Waals surface area contributed by atoms with Crippen molar-refractivity contribution in [1.29, 1.82) is 0 Å². The Hall–Kier alpha value is -2.49. The number of ether oxygens (including phenoxy) is 2. The van der Waals surface area contributed by atoms with Gasteiger partial charge in [0.1, 0.15) is 11.5 Å². The molecule has 2 aromatic rings. The second-order valence-electron chi connectivity index (χ2n) is 7.26. The van der Waals surface area contributed by atoms with Crippen molar-refractivity contribution in [1.82, 2.24) is 5.32 Å². The van der Waals surface area contributed by atoms with Gasteiger partial charge in [-0.2, -0.15) is 0 Å². The van der Waals surface area contributed by atoms with Gasteiger partial charge < -0.3 is 14.8 Å². The maximum absolute atomic E-state index is 12.0. The minimum absolute atomic E-state index is 0.0431. The molecule has 1 amide bonds. The molecule has 0 radical (unpaired) electrons. The Morgan fingerprint density at radius 1 is 1.11 bits per heavy atom. The molecule has 2 aromatic carbocycles. The first-order valence-electron chi connectivity index (χ1n) is 9.58. The van der Waals surface area contributed by atoms with Crippen molar-refractivity contribution in [3.8, 4) is 11.5 Å². The molecular formula is C23H31NO3. The molecule has 0 aliphatic heterocycles. The Balaban J connectivity index is 1.72. The molecule has 146 valence electrons. The third-order valence-corrected chi connectivity index (χ3v) is 4.36. The van der Waals surface area contributed by atoms with Crippen molar-refractivity contribution in [3.63, 3.8) is 0 Å². The zero-order chi connectivity index (χ0) is 19.8. The molecule has 4 nitrogen and oxygen atoms in total. The van der Waals surface area contributed by atoms with E-state index >= 15 is 0 Å². The molecule has 0 saturated carbocycles. The Labute approximate surface area is 162 Å². The van der Waals surface area contributed by atoms with E-state index in [1.54, 1.807) is 0 Å². The van der Waals surface area contributed by atoms with Crippen molar-refractivity contribution < 1.29 is 14.3 Å². The van der Waals surface area contributed by atoms with Crippen molar-refractivity contribution in [2.24, 2.45) is 0 Å². The van der Waals surface area contributed by atoms with E-state index in [1.165, 1.54) is 11.1 Å². The number of amides is 1. The highest BCUT2D eigenvalue weighted by Crippen LogP contribution is 2.23. The van der Waals surface area contributed by atoms with Crippen LogP contribution in [0.25, 0.3) is 0 Å². The molecule has 1 N–H and O–H groups in total. The van der Waals surface area contributed by atoms with Crippen molar-refractivity contribution in [3.05, 3.63) is 58.7 Å². The lowest BCUT2D eigenvalue weighted by Gasteiger charge is -2.13. The zero-order valence-corrected chi connectivity index (χ0v) is 17.1. The summed E-state index contributed by atoms with van der Waals surface area (Å²) in [7, 11) is 0. The average Bonchev–Trinajstić information content (AvgIpc) is 2.60. The molecule has 0 bridgehead atoms. The highest BCUT2D eigenvalue weighted by atomic mass is 16.5. The van der Waals surface area contributed by atoms with Crippen LogP contribution in [0.15, 0.2) is 36.4 Å². The van der Waals surface area contributed by atoms with Gasteiger partial charge in [-0.25, -0.2) is 0 Å². The van der Waals surface area contributed by atoms with Crippen molar-refractivity contribution in [2.75, 3.05) is 13.2 Å². The van der Waals surface area contributed by atoms with E-state index in [2.05, 4.69) is 30.4 Å². The van der Waals surface area contributed by atoms with E-state index in [1.807, 2.05) is 45.9 Å². The van der Waals surface area contributed by atoms with Gasteiger partial charge in [-0.1, -0.05) is 18.2 Å². The van der Waals surface area contributed by atoms with Crippen LogP contribution in [0, 0.1) is 20.8 Å². The number of aryl methyl sites for hydroxylation is 3. The first-order valence-corrected chi connectivity index (χ1v) is 9.58.